The average Bonchev–Trinajstić information content (AvgIpc) is 3.41. The van der Waals surface area contributed by atoms with Crippen molar-refractivity contribution in [1.29, 1.82) is 0 Å². The molecule has 6 aliphatic rings. The van der Waals surface area contributed by atoms with Crippen molar-refractivity contribution in [3.63, 3.8) is 0 Å². The molecule has 0 amide bonds. The van der Waals surface area contributed by atoms with Gasteiger partial charge in [0.25, 0.3) is 0 Å². The summed E-state index contributed by atoms with van der Waals surface area (Å²) in [4.78, 5) is 14.4. The number of esters is 1. The van der Waals surface area contributed by atoms with E-state index in [1.807, 2.05) is 0 Å². The van der Waals surface area contributed by atoms with Gasteiger partial charge in [-0.1, -0.05) is 39.8 Å². The summed E-state index contributed by atoms with van der Waals surface area (Å²) in [5, 5.41) is 62.6. The van der Waals surface area contributed by atoms with Crippen LogP contribution in [0.3, 0.4) is 0 Å². The van der Waals surface area contributed by atoms with Gasteiger partial charge in [0.1, 0.15) is 24.4 Å². The number of hydrogen-bond acceptors (Lipinski definition) is 9. The molecule has 16 atom stereocenters. The normalized spacial score (nSPS) is 55.9. The lowest BCUT2D eigenvalue weighted by Crippen LogP contribution is -2.68. The minimum absolute atomic E-state index is 0.000801. The van der Waals surface area contributed by atoms with E-state index >= 15 is 0 Å². The number of rotatable bonds is 5. The number of hydrogen-bond donors (Lipinski definition) is 6. The van der Waals surface area contributed by atoms with Crippen molar-refractivity contribution < 1.29 is 44.9 Å². The molecule has 1 aliphatic heterocycles. The van der Waals surface area contributed by atoms with E-state index in [0.29, 0.717) is 25.2 Å². The molecule has 9 nitrogen and oxygen atoms in total. The zero-order valence-electron chi connectivity index (χ0n) is 28.0. The third-order valence-corrected chi connectivity index (χ3v) is 15.7. The maximum absolute atomic E-state index is 14.4. The number of fused-ring (bicyclic) bond motifs is 7. The van der Waals surface area contributed by atoms with Gasteiger partial charge in [0.2, 0.25) is 6.29 Å². The Hall–Kier alpha value is -1.07. The van der Waals surface area contributed by atoms with Crippen LogP contribution in [0.4, 0.5) is 0 Å². The molecule has 9 heteroatoms. The molecule has 0 aromatic rings. The van der Waals surface area contributed by atoms with Crippen LogP contribution in [-0.4, -0.2) is 86.6 Å². The first-order valence-electron chi connectivity index (χ1n) is 17.5. The van der Waals surface area contributed by atoms with Crippen molar-refractivity contribution in [2.75, 3.05) is 13.2 Å². The quantitative estimate of drug-likeness (QED) is 0.197. The number of aliphatic hydroxyl groups is 6. The van der Waals surface area contributed by atoms with Crippen LogP contribution in [0.1, 0.15) is 98.8 Å². The lowest BCUT2D eigenvalue weighted by Gasteiger charge is -2.72. The fraction of sp³-hybridized carbons (Fsp3) is 0.917. The third-order valence-electron chi connectivity index (χ3n) is 15.7. The summed E-state index contributed by atoms with van der Waals surface area (Å²) in [7, 11) is 0. The second kappa shape index (κ2) is 11.2. The molecule has 0 radical (unpaired) electrons. The number of ether oxygens (including phenoxy) is 2. The third kappa shape index (κ3) is 4.46. The van der Waals surface area contributed by atoms with Crippen molar-refractivity contribution in [3.05, 3.63) is 12.2 Å². The molecule has 0 aromatic carbocycles. The van der Waals surface area contributed by atoms with Crippen LogP contribution in [0.25, 0.3) is 0 Å². The summed E-state index contributed by atoms with van der Waals surface area (Å²) in [6.07, 6.45) is 0.852. The molecule has 256 valence electrons. The van der Waals surface area contributed by atoms with Crippen molar-refractivity contribution in [1.82, 2.24) is 0 Å². The van der Waals surface area contributed by atoms with Gasteiger partial charge < -0.3 is 40.1 Å². The van der Waals surface area contributed by atoms with E-state index in [-0.39, 0.29) is 46.5 Å². The Balaban J connectivity index is 1.33. The predicted octanol–water partition coefficient (Wildman–Crippen LogP) is 3.32. The fourth-order valence-electron chi connectivity index (χ4n) is 12.9. The molecule has 5 aliphatic carbocycles. The first kappa shape index (κ1) is 33.8. The van der Waals surface area contributed by atoms with E-state index in [2.05, 4.69) is 41.2 Å². The summed E-state index contributed by atoms with van der Waals surface area (Å²) in [5.41, 5.74) is -0.201. The topological polar surface area (TPSA) is 157 Å². The van der Waals surface area contributed by atoms with Gasteiger partial charge in [-0.3, -0.25) is 4.79 Å². The fourth-order valence-corrected chi connectivity index (χ4v) is 12.9. The van der Waals surface area contributed by atoms with E-state index in [0.717, 1.165) is 50.5 Å². The van der Waals surface area contributed by atoms with Gasteiger partial charge in [0, 0.05) is 5.41 Å². The van der Waals surface area contributed by atoms with Crippen LogP contribution in [0.5, 0.6) is 0 Å². The number of aliphatic hydroxyl groups excluding tert-OH is 6. The zero-order valence-corrected chi connectivity index (χ0v) is 28.0. The van der Waals surface area contributed by atoms with Crippen LogP contribution < -0.4 is 0 Å². The van der Waals surface area contributed by atoms with E-state index in [1.54, 1.807) is 0 Å². The first-order valence-corrected chi connectivity index (χ1v) is 17.5. The van der Waals surface area contributed by atoms with Gasteiger partial charge in [-0.25, -0.2) is 0 Å². The summed E-state index contributed by atoms with van der Waals surface area (Å²) >= 11 is 0. The van der Waals surface area contributed by atoms with Crippen LogP contribution >= 0.6 is 0 Å². The van der Waals surface area contributed by atoms with Gasteiger partial charge >= 0.3 is 5.97 Å². The second-order valence-corrected chi connectivity index (χ2v) is 17.2. The second-order valence-electron chi connectivity index (χ2n) is 17.2. The zero-order chi connectivity index (χ0) is 32.9. The monoisotopic (exact) mass is 634 g/mol. The minimum Gasteiger partial charge on any atom is -0.432 e. The van der Waals surface area contributed by atoms with E-state index < -0.39 is 60.2 Å². The number of allylic oxidation sites excluding steroid dienone is 1. The van der Waals surface area contributed by atoms with Gasteiger partial charge in [-0.15, -0.1) is 0 Å². The lowest BCUT2D eigenvalue weighted by atomic mass is 9.32. The molecule has 6 N–H and O–H groups in total. The molecular formula is C36H58O9. The molecule has 6 rings (SSSR count). The highest BCUT2D eigenvalue weighted by Gasteiger charge is 2.72. The average molecular weight is 635 g/mol. The SMILES string of the molecule is C=C(C)[C@@H]1CC[C@]2(C(=O)O[C@@H]3O[C@H](CO)[C@@H](O)[C@H](O)[C@H]3O)CC[C@]3(C)[C@H](CC[C@@H]4[C@@]5(C)CC[C@H](O)[C@@](C)(CO)[C@@H]5CC[C@]43C)[C@@H]12. The van der Waals surface area contributed by atoms with Gasteiger partial charge in [-0.2, -0.15) is 0 Å². The number of carbonyl (C=O) groups is 1. The van der Waals surface area contributed by atoms with Crippen LogP contribution in [0.2, 0.25) is 0 Å². The van der Waals surface area contributed by atoms with E-state index in [4.69, 9.17) is 9.47 Å². The molecule has 5 saturated carbocycles. The molecule has 6 fully saturated rings. The Morgan fingerprint density at radius 1 is 0.822 bits per heavy atom. The highest BCUT2D eigenvalue weighted by atomic mass is 16.7. The van der Waals surface area contributed by atoms with Crippen LogP contribution in [0.15, 0.2) is 12.2 Å². The Kier molecular flexibility index (Phi) is 8.45. The Bertz CT molecular complexity index is 1180. The minimum atomic E-state index is -1.63. The molecule has 1 heterocycles. The highest BCUT2D eigenvalue weighted by molar-refractivity contribution is 5.78. The highest BCUT2D eigenvalue weighted by Crippen LogP contribution is 2.77. The summed E-state index contributed by atoms with van der Waals surface area (Å²) < 4.78 is 11.5. The van der Waals surface area contributed by atoms with Crippen molar-refractivity contribution in [3.8, 4) is 0 Å². The molecule has 45 heavy (non-hydrogen) atoms. The molecule has 0 spiro atoms. The molecule has 0 bridgehead atoms. The summed E-state index contributed by atoms with van der Waals surface area (Å²) in [6, 6.07) is 0. The molecule has 0 unspecified atom stereocenters. The van der Waals surface area contributed by atoms with Gasteiger partial charge in [0.05, 0.1) is 24.7 Å². The van der Waals surface area contributed by atoms with E-state index in [1.165, 1.54) is 0 Å². The predicted molar refractivity (Wildman–Crippen MR) is 166 cm³/mol. The maximum Gasteiger partial charge on any atom is 0.314 e. The summed E-state index contributed by atoms with van der Waals surface area (Å²) in [6.45, 7) is 15.4. The van der Waals surface area contributed by atoms with Crippen molar-refractivity contribution >= 4 is 5.97 Å². The number of carbonyl (C=O) groups excluding carboxylic acids is 1. The van der Waals surface area contributed by atoms with Gasteiger partial charge in [-0.05, 0) is 117 Å². The van der Waals surface area contributed by atoms with E-state index in [9.17, 15) is 35.4 Å². The Labute approximate surface area is 268 Å². The summed E-state index contributed by atoms with van der Waals surface area (Å²) in [5.74, 6) is 0.712. The van der Waals surface area contributed by atoms with Crippen LogP contribution in [-0.2, 0) is 14.3 Å². The van der Waals surface area contributed by atoms with Gasteiger partial charge in [0.15, 0.2) is 0 Å². The Morgan fingerprint density at radius 3 is 2.18 bits per heavy atom. The lowest BCUT2D eigenvalue weighted by molar-refractivity contribution is -0.299. The van der Waals surface area contributed by atoms with Crippen LogP contribution in [0, 0.1) is 56.7 Å². The van der Waals surface area contributed by atoms with Crippen molar-refractivity contribution in [2.45, 2.75) is 136 Å². The largest absolute Gasteiger partial charge is 0.432 e. The molecular weight excluding hydrogens is 576 g/mol. The molecule has 0 aromatic heterocycles. The van der Waals surface area contributed by atoms with Crippen molar-refractivity contribution in [2.24, 2.45) is 56.7 Å². The maximum atomic E-state index is 14.4. The Morgan fingerprint density at radius 2 is 1.53 bits per heavy atom. The smallest absolute Gasteiger partial charge is 0.314 e. The first-order chi connectivity index (χ1) is 21.1. The molecule has 1 saturated heterocycles. The standard InChI is InChI=1S/C36H58O9/c1-19(2)20-9-14-36(31(43)45-30-29(42)28(41)27(40)22(17-37)44-30)16-15-34(5)21(26(20)36)7-8-24-32(3)12-11-25(39)33(4,18-38)23(32)10-13-35(24,34)6/h20-30,37-42H,1,7-18H2,2-6H3/t20-,21+,22+,23+,24+,25-,26+,27+,28-,29+,30-,32-,33-,34+,35+,36-/m0/s1.